The topological polar surface area (TPSA) is 61.8 Å². The van der Waals surface area contributed by atoms with Crippen LogP contribution in [0.4, 0.5) is 0 Å². The molecule has 0 unspecified atom stereocenters. The fourth-order valence-electron chi connectivity index (χ4n) is 2.16. The van der Waals surface area contributed by atoms with E-state index in [4.69, 9.17) is 0 Å². The van der Waals surface area contributed by atoms with Crippen molar-refractivity contribution < 1.29 is 9.67 Å². The summed E-state index contributed by atoms with van der Waals surface area (Å²) in [4.78, 5) is 12.3. The number of pyridine rings is 1. The number of aryl methyl sites for hydroxylation is 1. The highest BCUT2D eigenvalue weighted by Gasteiger charge is 2.18. The van der Waals surface area contributed by atoms with Crippen LogP contribution in [0.3, 0.4) is 0 Å². The van der Waals surface area contributed by atoms with E-state index in [0.29, 0.717) is 5.56 Å². The van der Waals surface area contributed by atoms with Crippen molar-refractivity contribution in [1.82, 2.24) is 9.78 Å². The molecule has 0 aliphatic heterocycles. The summed E-state index contributed by atoms with van der Waals surface area (Å²) < 4.78 is 2.72. The lowest BCUT2D eigenvalue weighted by Crippen LogP contribution is -2.41. The molecular weight excluding hydrogens is 266 g/mol. The predicted molar refractivity (Wildman–Crippen MR) is 75.9 cm³/mol. The van der Waals surface area contributed by atoms with Gasteiger partial charge in [0.15, 0.2) is 12.4 Å². The van der Waals surface area contributed by atoms with Gasteiger partial charge in [0.05, 0.1) is 5.69 Å². The van der Waals surface area contributed by atoms with Gasteiger partial charge in [-0.1, -0.05) is 36.4 Å². The van der Waals surface area contributed by atoms with Gasteiger partial charge >= 0.3 is 5.56 Å². The number of benzene rings is 1. The molecule has 3 aromatic rings. The minimum atomic E-state index is -0.420. The van der Waals surface area contributed by atoms with Crippen molar-refractivity contribution in [3.8, 4) is 22.7 Å². The largest absolute Gasteiger partial charge is 0.866 e. The van der Waals surface area contributed by atoms with Crippen molar-refractivity contribution in [2.24, 2.45) is 7.05 Å². The summed E-state index contributed by atoms with van der Waals surface area (Å²) in [6, 6.07) is 14.5. The van der Waals surface area contributed by atoms with Gasteiger partial charge in [-0.25, -0.2) is 4.68 Å². The number of aromatic nitrogens is 3. The van der Waals surface area contributed by atoms with E-state index in [-0.39, 0.29) is 17.1 Å². The number of rotatable bonds is 2. The van der Waals surface area contributed by atoms with Gasteiger partial charge < -0.3 is 5.11 Å². The van der Waals surface area contributed by atoms with E-state index in [1.54, 1.807) is 43.7 Å². The summed E-state index contributed by atoms with van der Waals surface area (Å²) in [6.45, 7) is 0. The van der Waals surface area contributed by atoms with Crippen LogP contribution in [0.2, 0.25) is 0 Å². The van der Waals surface area contributed by atoms with Gasteiger partial charge in [-0.15, -0.1) is 0 Å². The first kappa shape index (κ1) is 13.1. The van der Waals surface area contributed by atoms with Crippen LogP contribution in [0, 0.1) is 0 Å². The summed E-state index contributed by atoms with van der Waals surface area (Å²) in [5, 5.41) is 16.8. The first-order chi connectivity index (χ1) is 10.2. The van der Waals surface area contributed by atoms with E-state index in [9.17, 15) is 9.90 Å². The Bertz CT molecular complexity index is 827. The van der Waals surface area contributed by atoms with Gasteiger partial charge in [0.2, 0.25) is 0 Å². The van der Waals surface area contributed by atoms with Gasteiger partial charge in [-0.2, -0.15) is 9.67 Å². The van der Waals surface area contributed by atoms with Gasteiger partial charge in [-0.05, 0) is 0 Å². The highest BCUT2D eigenvalue weighted by molar-refractivity contribution is 5.67. The Hall–Kier alpha value is -2.95. The number of hydrogen-bond donors (Lipinski definition) is 0. The normalized spacial score (nSPS) is 10.5. The molecule has 0 amide bonds. The highest BCUT2D eigenvalue weighted by Crippen LogP contribution is 2.25. The van der Waals surface area contributed by atoms with E-state index >= 15 is 0 Å². The number of hydrogen-bond acceptors (Lipinski definition) is 3. The molecule has 5 heteroatoms. The van der Waals surface area contributed by atoms with E-state index in [1.165, 1.54) is 9.25 Å². The van der Waals surface area contributed by atoms with Crippen LogP contribution >= 0.6 is 0 Å². The fraction of sp³-hybridized carbons (Fsp3) is 0.0625. The minimum Gasteiger partial charge on any atom is -0.866 e. The first-order valence-electron chi connectivity index (χ1n) is 6.49. The van der Waals surface area contributed by atoms with Crippen LogP contribution in [-0.4, -0.2) is 9.78 Å². The summed E-state index contributed by atoms with van der Waals surface area (Å²) in [5.41, 5.74) is 0.614. The third-order valence-corrected chi connectivity index (χ3v) is 3.20. The fourth-order valence-corrected chi connectivity index (χ4v) is 2.16. The second-order valence-corrected chi connectivity index (χ2v) is 4.60. The highest BCUT2D eigenvalue weighted by atomic mass is 16.3. The van der Waals surface area contributed by atoms with E-state index in [1.807, 2.05) is 24.3 Å². The van der Waals surface area contributed by atoms with Crippen LogP contribution in [0.15, 0.2) is 65.7 Å². The number of nitrogens with zero attached hydrogens (tertiary/aromatic N) is 3. The molecule has 0 fully saturated rings. The summed E-state index contributed by atoms with van der Waals surface area (Å²) in [6.07, 6.45) is 3.35. The molecule has 0 N–H and O–H groups in total. The summed E-state index contributed by atoms with van der Waals surface area (Å²) in [7, 11) is 1.54. The molecule has 2 aromatic heterocycles. The molecule has 0 bridgehead atoms. The SMILES string of the molecule is Cn1nc(-c2ccccc2)c([O-])c(-[n+]2ccccc2)c1=O. The minimum absolute atomic E-state index is 0.0759. The van der Waals surface area contributed by atoms with Crippen LogP contribution < -0.4 is 15.2 Å². The molecule has 21 heavy (non-hydrogen) atoms. The summed E-state index contributed by atoms with van der Waals surface area (Å²) >= 11 is 0. The van der Waals surface area contributed by atoms with E-state index in [2.05, 4.69) is 5.10 Å². The molecule has 104 valence electrons. The zero-order valence-corrected chi connectivity index (χ0v) is 11.4. The second kappa shape index (κ2) is 5.20. The molecule has 0 saturated heterocycles. The lowest BCUT2D eigenvalue weighted by Gasteiger charge is -2.14. The lowest BCUT2D eigenvalue weighted by atomic mass is 10.1. The first-order valence-corrected chi connectivity index (χ1v) is 6.49. The molecule has 0 radical (unpaired) electrons. The third-order valence-electron chi connectivity index (χ3n) is 3.20. The Balaban J connectivity index is 2.31. The van der Waals surface area contributed by atoms with E-state index < -0.39 is 5.56 Å². The monoisotopic (exact) mass is 279 g/mol. The Morgan fingerprint density at radius 1 is 1.05 bits per heavy atom. The standard InChI is InChI=1S/C16H13N3O2/c1-18-16(21)14(19-10-6-3-7-11-19)15(20)13(17-18)12-8-4-2-5-9-12/h2-11H,1H3. The zero-order valence-electron chi connectivity index (χ0n) is 11.4. The second-order valence-electron chi connectivity index (χ2n) is 4.60. The molecule has 5 nitrogen and oxygen atoms in total. The molecular formula is C16H13N3O2. The molecule has 0 aliphatic rings. The van der Waals surface area contributed by atoms with Gasteiger partial charge in [0.1, 0.15) is 0 Å². The van der Waals surface area contributed by atoms with Gasteiger partial charge in [0, 0.05) is 30.5 Å². The predicted octanol–water partition coefficient (Wildman–Crippen LogP) is 0.798. The van der Waals surface area contributed by atoms with Gasteiger partial charge in [-0.3, -0.25) is 4.79 Å². The molecule has 2 heterocycles. The van der Waals surface area contributed by atoms with Crippen molar-refractivity contribution in [3.63, 3.8) is 0 Å². The molecule has 0 spiro atoms. The van der Waals surface area contributed by atoms with Crippen LogP contribution in [-0.2, 0) is 7.05 Å². The molecule has 3 rings (SSSR count). The van der Waals surface area contributed by atoms with Crippen LogP contribution in [0.5, 0.6) is 5.75 Å². The Morgan fingerprint density at radius 3 is 2.33 bits per heavy atom. The summed E-state index contributed by atoms with van der Waals surface area (Å²) in [5.74, 6) is -0.375. The Labute approximate surface area is 121 Å². The van der Waals surface area contributed by atoms with Crippen molar-refractivity contribution >= 4 is 0 Å². The maximum atomic E-state index is 12.6. The van der Waals surface area contributed by atoms with E-state index in [0.717, 1.165) is 0 Å². The molecule has 0 aliphatic carbocycles. The quantitative estimate of drug-likeness (QED) is 0.652. The van der Waals surface area contributed by atoms with Gasteiger partial charge in [0.25, 0.3) is 5.69 Å². The van der Waals surface area contributed by atoms with Crippen molar-refractivity contribution in [1.29, 1.82) is 0 Å². The Morgan fingerprint density at radius 2 is 1.67 bits per heavy atom. The Kier molecular flexibility index (Phi) is 3.23. The maximum absolute atomic E-state index is 12.6. The lowest BCUT2D eigenvalue weighted by molar-refractivity contribution is -0.601. The maximum Gasteiger partial charge on any atom is 0.338 e. The van der Waals surface area contributed by atoms with Crippen molar-refractivity contribution in [2.75, 3.05) is 0 Å². The molecule has 0 saturated carbocycles. The molecule has 0 atom stereocenters. The smallest absolute Gasteiger partial charge is 0.338 e. The average Bonchev–Trinajstić information content (AvgIpc) is 2.53. The molecule has 1 aromatic carbocycles. The van der Waals surface area contributed by atoms with Crippen LogP contribution in [0.1, 0.15) is 0 Å². The zero-order chi connectivity index (χ0) is 14.8. The third kappa shape index (κ3) is 2.29. The average molecular weight is 279 g/mol. The van der Waals surface area contributed by atoms with Crippen LogP contribution in [0.25, 0.3) is 16.9 Å². The van der Waals surface area contributed by atoms with Crippen molar-refractivity contribution in [3.05, 3.63) is 71.3 Å². The van der Waals surface area contributed by atoms with Crippen molar-refractivity contribution in [2.45, 2.75) is 0 Å².